The van der Waals surface area contributed by atoms with Crippen molar-refractivity contribution in [3.63, 3.8) is 0 Å². The van der Waals surface area contributed by atoms with E-state index in [1.807, 2.05) is 31.2 Å². The van der Waals surface area contributed by atoms with Crippen LogP contribution in [-0.4, -0.2) is 20.8 Å². The van der Waals surface area contributed by atoms with Gasteiger partial charge in [0.2, 0.25) is 0 Å². The maximum absolute atomic E-state index is 12.9. The van der Waals surface area contributed by atoms with Crippen molar-refractivity contribution in [1.29, 1.82) is 0 Å². The van der Waals surface area contributed by atoms with Gasteiger partial charge in [-0.1, -0.05) is 24.3 Å². The summed E-state index contributed by atoms with van der Waals surface area (Å²) in [6.45, 7) is 3.81. The Balaban J connectivity index is 2.26. The number of alkyl halides is 3. The summed E-state index contributed by atoms with van der Waals surface area (Å²) < 4.78 is 40.6. The molecule has 0 bridgehead atoms. The minimum absolute atomic E-state index is 0.255. The van der Waals surface area contributed by atoms with Crippen molar-refractivity contribution in [3.05, 3.63) is 53.6 Å². The molecule has 0 aliphatic carbocycles. The third-order valence-electron chi connectivity index (χ3n) is 3.91. The number of hydrogen-bond donors (Lipinski definition) is 1. The zero-order valence-corrected chi connectivity index (χ0v) is 13.3. The highest BCUT2D eigenvalue weighted by Crippen LogP contribution is 2.33. The van der Waals surface area contributed by atoms with Gasteiger partial charge in [0.05, 0.1) is 29.2 Å². The van der Waals surface area contributed by atoms with E-state index in [2.05, 4.69) is 4.98 Å². The zero-order valence-electron chi connectivity index (χ0n) is 13.3. The smallest absolute Gasteiger partial charge is 0.392 e. The van der Waals surface area contributed by atoms with Crippen LogP contribution < -0.4 is 0 Å². The monoisotopic (exact) mass is 334 g/mol. The van der Waals surface area contributed by atoms with Gasteiger partial charge in [0.15, 0.2) is 0 Å². The molecule has 0 saturated heterocycles. The Hall–Kier alpha value is -2.34. The SMILES string of the molecule is Cc1ccccc1-c1nc2cc(C(F)(F)F)ccc2n1CC(C)O. The van der Waals surface area contributed by atoms with Gasteiger partial charge in [0, 0.05) is 5.56 Å². The molecule has 24 heavy (non-hydrogen) atoms. The van der Waals surface area contributed by atoms with Gasteiger partial charge in [0.25, 0.3) is 0 Å². The molecule has 0 amide bonds. The zero-order chi connectivity index (χ0) is 17.5. The Kier molecular flexibility index (Phi) is 4.09. The molecule has 1 unspecified atom stereocenters. The van der Waals surface area contributed by atoms with Crippen molar-refractivity contribution in [2.45, 2.75) is 32.7 Å². The predicted octanol–water partition coefficient (Wildman–Crippen LogP) is 4.41. The quantitative estimate of drug-likeness (QED) is 0.770. The first kappa shape index (κ1) is 16.5. The normalized spacial score (nSPS) is 13.4. The van der Waals surface area contributed by atoms with Crippen molar-refractivity contribution < 1.29 is 18.3 Å². The second-order valence-corrected chi connectivity index (χ2v) is 5.91. The van der Waals surface area contributed by atoms with Crippen LogP contribution in [0.2, 0.25) is 0 Å². The molecule has 2 aromatic carbocycles. The molecule has 1 atom stereocenters. The molecule has 0 radical (unpaired) electrons. The van der Waals surface area contributed by atoms with Gasteiger partial charge in [-0.25, -0.2) is 4.98 Å². The van der Waals surface area contributed by atoms with Crippen LogP contribution >= 0.6 is 0 Å². The van der Waals surface area contributed by atoms with Crippen molar-refractivity contribution in [3.8, 4) is 11.4 Å². The summed E-state index contributed by atoms with van der Waals surface area (Å²) in [4.78, 5) is 4.42. The van der Waals surface area contributed by atoms with Gasteiger partial charge in [-0.3, -0.25) is 0 Å². The average molecular weight is 334 g/mol. The van der Waals surface area contributed by atoms with Gasteiger partial charge in [0.1, 0.15) is 5.82 Å². The fourth-order valence-electron chi connectivity index (χ4n) is 2.78. The number of benzene rings is 2. The average Bonchev–Trinajstić information content (AvgIpc) is 2.84. The lowest BCUT2D eigenvalue weighted by Crippen LogP contribution is -2.13. The maximum Gasteiger partial charge on any atom is 0.416 e. The molecule has 3 aromatic rings. The molecule has 1 N–H and O–H groups in total. The predicted molar refractivity (Wildman–Crippen MR) is 86.6 cm³/mol. The lowest BCUT2D eigenvalue weighted by Gasteiger charge is -2.13. The first-order valence-electron chi connectivity index (χ1n) is 7.59. The molecule has 6 heteroatoms. The second-order valence-electron chi connectivity index (χ2n) is 5.91. The maximum atomic E-state index is 12.9. The highest BCUT2D eigenvalue weighted by Gasteiger charge is 2.31. The Morgan fingerprint density at radius 2 is 1.88 bits per heavy atom. The molecule has 1 heterocycles. The Morgan fingerprint density at radius 3 is 2.50 bits per heavy atom. The molecule has 0 aliphatic rings. The van der Waals surface area contributed by atoms with Crippen molar-refractivity contribution in [2.24, 2.45) is 0 Å². The molecule has 0 saturated carbocycles. The van der Waals surface area contributed by atoms with E-state index in [4.69, 9.17) is 0 Å². The van der Waals surface area contributed by atoms with Crippen LogP contribution in [0.5, 0.6) is 0 Å². The summed E-state index contributed by atoms with van der Waals surface area (Å²) in [5.74, 6) is 0.559. The van der Waals surface area contributed by atoms with Crippen LogP contribution in [0, 0.1) is 6.92 Å². The summed E-state index contributed by atoms with van der Waals surface area (Å²) in [6.07, 6.45) is -5.06. The molecule has 3 rings (SSSR count). The van der Waals surface area contributed by atoms with Crippen LogP contribution in [0.1, 0.15) is 18.1 Å². The number of aryl methyl sites for hydroxylation is 1. The molecule has 0 spiro atoms. The first-order valence-corrected chi connectivity index (χ1v) is 7.59. The first-order chi connectivity index (χ1) is 11.3. The molecule has 126 valence electrons. The van der Waals surface area contributed by atoms with E-state index in [0.29, 0.717) is 11.3 Å². The molecular weight excluding hydrogens is 317 g/mol. The van der Waals surface area contributed by atoms with Gasteiger partial charge >= 0.3 is 6.18 Å². The van der Waals surface area contributed by atoms with Gasteiger partial charge in [-0.05, 0) is 37.6 Å². The van der Waals surface area contributed by atoms with Crippen molar-refractivity contribution in [2.75, 3.05) is 0 Å². The molecule has 1 aromatic heterocycles. The third kappa shape index (κ3) is 3.01. The van der Waals surface area contributed by atoms with Crippen molar-refractivity contribution >= 4 is 11.0 Å². The summed E-state index contributed by atoms with van der Waals surface area (Å²) in [5, 5.41) is 9.78. The number of imidazole rings is 1. The number of rotatable bonds is 3. The van der Waals surface area contributed by atoms with E-state index in [9.17, 15) is 18.3 Å². The van der Waals surface area contributed by atoms with Gasteiger partial charge < -0.3 is 9.67 Å². The van der Waals surface area contributed by atoms with E-state index < -0.39 is 17.8 Å². The topological polar surface area (TPSA) is 38.0 Å². The molecule has 0 aliphatic heterocycles. The number of halogens is 3. The van der Waals surface area contributed by atoms with Gasteiger partial charge in [-0.2, -0.15) is 13.2 Å². The number of aliphatic hydroxyl groups is 1. The molecule has 0 fully saturated rings. The summed E-state index contributed by atoms with van der Waals surface area (Å²) >= 11 is 0. The fourth-order valence-corrected chi connectivity index (χ4v) is 2.78. The molecular formula is C18H17F3N2O. The van der Waals surface area contributed by atoms with Crippen molar-refractivity contribution in [1.82, 2.24) is 9.55 Å². The third-order valence-corrected chi connectivity index (χ3v) is 3.91. The minimum Gasteiger partial charge on any atom is -0.392 e. The fraction of sp³-hybridized carbons (Fsp3) is 0.278. The van der Waals surface area contributed by atoms with E-state index in [1.54, 1.807) is 11.5 Å². The number of aromatic nitrogens is 2. The van der Waals surface area contributed by atoms with E-state index >= 15 is 0 Å². The van der Waals surface area contributed by atoms with Crippen LogP contribution in [0.4, 0.5) is 13.2 Å². The van der Waals surface area contributed by atoms with Gasteiger partial charge in [-0.15, -0.1) is 0 Å². The Bertz CT molecular complexity index is 882. The van der Waals surface area contributed by atoms with Crippen LogP contribution in [-0.2, 0) is 12.7 Å². The number of nitrogens with zero attached hydrogens (tertiary/aromatic N) is 2. The summed E-state index contributed by atoms with van der Waals surface area (Å²) in [7, 11) is 0. The minimum atomic E-state index is -4.41. The number of aliphatic hydroxyl groups excluding tert-OH is 1. The summed E-state index contributed by atoms with van der Waals surface area (Å²) in [5.41, 5.74) is 1.91. The van der Waals surface area contributed by atoms with Crippen LogP contribution in [0.25, 0.3) is 22.4 Å². The van der Waals surface area contributed by atoms with Crippen LogP contribution in [0.3, 0.4) is 0 Å². The van der Waals surface area contributed by atoms with E-state index in [0.717, 1.165) is 23.3 Å². The number of hydrogen-bond acceptors (Lipinski definition) is 2. The highest BCUT2D eigenvalue weighted by atomic mass is 19.4. The lowest BCUT2D eigenvalue weighted by atomic mass is 10.1. The largest absolute Gasteiger partial charge is 0.416 e. The molecule has 3 nitrogen and oxygen atoms in total. The second kappa shape index (κ2) is 5.94. The highest BCUT2D eigenvalue weighted by molar-refractivity contribution is 5.82. The number of fused-ring (bicyclic) bond motifs is 1. The van der Waals surface area contributed by atoms with E-state index in [-0.39, 0.29) is 12.1 Å². The summed E-state index contributed by atoms with van der Waals surface area (Å²) in [6, 6.07) is 11.1. The standard InChI is InChI=1S/C18H17F3N2O/c1-11-5-3-4-6-14(11)17-22-15-9-13(18(19,20)21)7-8-16(15)23(17)10-12(2)24/h3-9,12,24H,10H2,1-2H3. The Labute approximate surface area is 137 Å². The van der Waals surface area contributed by atoms with Crippen LogP contribution in [0.15, 0.2) is 42.5 Å². The Morgan fingerprint density at radius 1 is 1.17 bits per heavy atom. The lowest BCUT2D eigenvalue weighted by molar-refractivity contribution is -0.137. The van der Waals surface area contributed by atoms with E-state index in [1.165, 1.54) is 6.07 Å².